The first kappa shape index (κ1) is 12.0. The van der Waals surface area contributed by atoms with E-state index in [0.29, 0.717) is 19.8 Å². The SMILES string of the molecule is Cc1ccc(C2COCCN2C(=O)N(C)C)o1. The number of rotatable bonds is 1. The number of hydrogen-bond donors (Lipinski definition) is 0. The molecular weight excluding hydrogens is 220 g/mol. The van der Waals surface area contributed by atoms with Gasteiger partial charge in [-0.15, -0.1) is 0 Å². The van der Waals surface area contributed by atoms with Crippen LogP contribution in [0.2, 0.25) is 0 Å². The number of furan rings is 1. The zero-order valence-corrected chi connectivity index (χ0v) is 10.5. The summed E-state index contributed by atoms with van der Waals surface area (Å²) in [5.74, 6) is 1.64. The fourth-order valence-electron chi connectivity index (χ4n) is 1.96. The lowest BCUT2D eigenvalue weighted by molar-refractivity contribution is -0.00134. The van der Waals surface area contributed by atoms with E-state index in [4.69, 9.17) is 9.15 Å². The Morgan fingerprint density at radius 2 is 2.24 bits per heavy atom. The molecule has 1 saturated heterocycles. The number of amides is 2. The molecule has 1 fully saturated rings. The van der Waals surface area contributed by atoms with Crippen molar-refractivity contribution < 1.29 is 13.9 Å². The minimum absolute atomic E-state index is 0.00708. The monoisotopic (exact) mass is 238 g/mol. The second-order valence-corrected chi connectivity index (χ2v) is 4.41. The number of urea groups is 1. The van der Waals surface area contributed by atoms with Crippen molar-refractivity contribution in [2.24, 2.45) is 0 Å². The van der Waals surface area contributed by atoms with E-state index < -0.39 is 0 Å². The predicted molar refractivity (Wildman–Crippen MR) is 62.8 cm³/mol. The van der Waals surface area contributed by atoms with Gasteiger partial charge in [0.05, 0.1) is 13.2 Å². The average Bonchev–Trinajstić information content (AvgIpc) is 2.74. The smallest absolute Gasteiger partial charge is 0.320 e. The lowest BCUT2D eigenvalue weighted by Crippen LogP contribution is -2.47. The first-order chi connectivity index (χ1) is 8.09. The Morgan fingerprint density at radius 3 is 2.82 bits per heavy atom. The minimum atomic E-state index is -0.118. The number of aryl methyl sites for hydroxylation is 1. The van der Waals surface area contributed by atoms with Crippen molar-refractivity contribution in [3.63, 3.8) is 0 Å². The lowest BCUT2D eigenvalue weighted by atomic mass is 10.2. The van der Waals surface area contributed by atoms with Gasteiger partial charge < -0.3 is 19.0 Å². The molecule has 1 unspecified atom stereocenters. The fourth-order valence-corrected chi connectivity index (χ4v) is 1.96. The molecule has 17 heavy (non-hydrogen) atoms. The molecule has 1 aliphatic heterocycles. The van der Waals surface area contributed by atoms with E-state index in [2.05, 4.69) is 0 Å². The molecule has 2 amide bonds. The molecule has 2 heterocycles. The van der Waals surface area contributed by atoms with Crippen molar-refractivity contribution in [2.75, 3.05) is 33.9 Å². The maximum Gasteiger partial charge on any atom is 0.320 e. The van der Waals surface area contributed by atoms with Crippen LogP contribution >= 0.6 is 0 Å². The van der Waals surface area contributed by atoms with E-state index >= 15 is 0 Å². The van der Waals surface area contributed by atoms with E-state index in [9.17, 15) is 4.79 Å². The maximum absolute atomic E-state index is 12.0. The Kier molecular flexibility index (Phi) is 3.38. The summed E-state index contributed by atoms with van der Waals surface area (Å²) < 4.78 is 11.0. The summed E-state index contributed by atoms with van der Waals surface area (Å²) in [7, 11) is 3.50. The van der Waals surface area contributed by atoms with Gasteiger partial charge in [0.2, 0.25) is 0 Å². The van der Waals surface area contributed by atoms with Crippen LogP contribution in [0.1, 0.15) is 17.6 Å². The van der Waals surface area contributed by atoms with Crippen LogP contribution in [0.25, 0.3) is 0 Å². The molecule has 0 bridgehead atoms. The van der Waals surface area contributed by atoms with Crippen LogP contribution in [-0.2, 0) is 4.74 Å². The molecule has 0 N–H and O–H groups in total. The molecule has 0 saturated carbocycles. The Labute approximate surface area is 101 Å². The van der Waals surface area contributed by atoms with Crippen molar-refractivity contribution in [3.05, 3.63) is 23.7 Å². The molecular formula is C12H18N2O3. The second kappa shape index (κ2) is 4.79. The third-order valence-corrected chi connectivity index (χ3v) is 2.85. The van der Waals surface area contributed by atoms with Gasteiger partial charge in [0.15, 0.2) is 0 Å². The molecule has 0 aromatic carbocycles. The number of ether oxygens (including phenoxy) is 1. The third-order valence-electron chi connectivity index (χ3n) is 2.85. The van der Waals surface area contributed by atoms with Gasteiger partial charge in [-0.3, -0.25) is 0 Å². The van der Waals surface area contributed by atoms with Crippen molar-refractivity contribution >= 4 is 6.03 Å². The Hall–Kier alpha value is -1.49. The van der Waals surface area contributed by atoms with Crippen molar-refractivity contribution in [2.45, 2.75) is 13.0 Å². The molecule has 2 rings (SSSR count). The summed E-state index contributed by atoms with van der Waals surface area (Å²) in [5.41, 5.74) is 0. The van der Waals surface area contributed by atoms with E-state index in [1.54, 1.807) is 23.9 Å². The molecule has 5 nitrogen and oxygen atoms in total. The van der Waals surface area contributed by atoms with Crippen LogP contribution < -0.4 is 0 Å². The topological polar surface area (TPSA) is 45.9 Å². The van der Waals surface area contributed by atoms with Gasteiger partial charge in [-0.2, -0.15) is 0 Å². The average molecular weight is 238 g/mol. The summed E-state index contributed by atoms with van der Waals surface area (Å²) in [6.45, 7) is 3.56. The standard InChI is InChI=1S/C12H18N2O3/c1-9-4-5-11(17-9)10-8-16-7-6-14(10)12(15)13(2)3/h4-5,10H,6-8H2,1-3H3. The number of nitrogens with zero attached hydrogens (tertiary/aromatic N) is 2. The molecule has 1 aromatic rings. The molecule has 1 aromatic heterocycles. The third kappa shape index (κ3) is 2.44. The van der Waals surface area contributed by atoms with Gasteiger partial charge in [-0.25, -0.2) is 4.79 Å². The summed E-state index contributed by atoms with van der Waals surface area (Å²) in [6.07, 6.45) is 0. The van der Waals surface area contributed by atoms with Gasteiger partial charge in [-0.1, -0.05) is 0 Å². The summed E-state index contributed by atoms with van der Waals surface area (Å²) in [5, 5.41) is 0. The quantitative estimate of drug-likeness (QED) is 0.747. The minimum Gasteiger partial charge on any atom is -0.464 e. The van der Waals surface area contributed by atoms with E-state index in [0.717, 1.165) is 11.5 Å². The lowest BCUT2D eigenvalue weighted by Gasteiger charge is -2.35. The number of carbonyl (C=O) groups is 1. The van der Waals surface area contributed by atoms with Crippen LogP contribution in [-0.4, -0.2) is 49.7 Å². The second-order valence-electron chi connectivity index (χ2n) is 4.41. The summed E-state index contributed by atoms with van der Waals surface area (Å²) in [6, 6.07) is 3.69. The molecule has 0 radical (unpaired) electrons. The maximum atomic E-state index is 12.0. The van der Waals surface area contributed by atoms with Crippen LogP contribution in [0, 0.1) is 6.92 Å². The van der Waals surface area contributed by atoms with Gasteiger partial charge in [-0.05, 0) is 19.1 Å². The number of hydrogen-bond acceptors (Lipinski definition) is 3. The van der Waals surface area contributed by atoms with E-state index in [-0.39, 0.29) is 12.1 Å². The Morgan fingerprint density at radius 1 is 1.47 bits per heavy atom. The normalized spacial score (nSPS) is 20.4. The summed E-state index contributed by atoms with van der Waals surface area (Å²) >= 11 is 0. The fraction of sp³-hybridized carbons (Fsp3) is 0.583. The van der Waals surface area contributed by atoms with Gasteiger partial charge in [0.1, 0.15) is 17.6 Å². The van der Waals surface area contributed by atoms with Crippen LogP contribution in [0.5, 0.6) is 0 Å². The Balaban J connectivity index is 2.20. The molecule has 0 aliphatic carbocycles. The van der Waals surface area contributed by atoms with Gasteiger partial charge >= 0.3 is 6.03 Å². The highest BCUT2D eigenvalue weighted by Gasteiger charge is 2.31. The first-order valence-corrected chi connectivity index (χ1v) is 5.71. The molecule has 94 valence electrons. The van der Waals surface area contributed by atoms with E-state index in [1.807, 2.05) is 19.1 Å². The predicted octanol–water partition coefficient (Wildman–Crippen LogP) is 1.64. The van der Waals surface area contributed by atoms with E-state index in [1.165, 1.54) is 0 Å². The zero-order chi connectivity index (χ0) is 12.4. The molecule has 1 aliphatic rings. The largest absolute Gasteiger partial charge is 0.464 e. The van der Waals surface area contributed by atoms with Gasteiger partial charge in [0, 0.05) is 20.6 Å². The number of morpholine rings is 1. The highest BCUT2D eigenvalue weighted by atomic mass is 16.5. The van der Waals surface area contributed by atoms with Gasteiger partial charge in [0.25, 0.3) is 0 Å². The zero-order valence-electron chi connectivity index (χ0n) is 10.5. The van der Waals surface area contributed by atoms with Crippen LogP contribution in [0.15, 0.2) is 16.5 Å². The van der Waals surface area contributed by atoms with Crippen molar-refractivity contribution in [1.29, 1.82) is 0 Å². The van der Waals surface area contributed by atoms with Crippen molar-refractivity contribution in [1.82, 2.24) is 9.80 Å². The highest BCUT2D eigenvalue weighted by molar-refractivity contribution is 5.74. The molecule has 0 spiro atoms. The first-order valence-electron chi connectivity index (χ1n) is 5.71. The van der Waals surface area contributed by atoms with Crippen LogP contribution in [0.4, 0.5) is 4.79 Å². The number of carbonyl (C=O) groups excluding carboxylic acids is 1. The van der Waals surface area contributed by atoms with Crippen LogP contribution in [0.3, 0.4) is 0 Å². The molecule has 5 heteroatoms. The van der Waals surface area contributed by atoms with Crippen molar-refractivity contribution in [3.8, 4) is 0 Å². The highest BCUT2D eigenvalue weighted by Crippen LogP contribution is 2.26. The Bertz CT molecular complexity index is 400. The molecule has 1 atom stereocenters. The summed E-state index contributed by atoms with van der Waals surface area (Å²) in [4.78, 5) is 15.4.